The van der Waals surface area contributed by atoms with Gasteiger partial charge in [-0.25, -0.2) is 0 Å². The average molecular weight is 282 g/mol. The fourth-order valence-electron chi connectivity index (χ4n) is 1.26. The predicted molar refractivity (Wildman–Crippen MR) is 65.6 cm³/mol. The van der Waals surface area contributed by atoms with Gasteiger partial charge in [0.15, 0.2) is 0 Å². The van der Waals surface area contributed by atoms with Crippen molar-refractivity contribution in [2.75, 3.05) is 13.1 Å². The lowest BCUT2D eigenvalue weighted by atomic mass is 10.1. The maximum atomic E-state index is 8.83. The largest absolute Gasteiger partial charge is 0.411 e. The second-order valence-electron chi connectivity index (χ2n) is 3.20. The Labute approximate surface area is 103 Å². The maximum Gasteiger partial charge on any atom is 0.0844 e. The standard InChI is InChI=1S/C11H12BrN3O/c12-11-4-2-1-3-9(11)7-10(15-16)8-14-6-5-13/h1-4,14,16H,6-8H2. The van der Waals surface area contributed by atoms with E-state index in [4.69, 9.17) is 10.5 Å². The van der Waals surface area contributed by atoms with Crippen molar-refractivity contribution >= 4 is 21.6 Å². The molecule has 0 atom stereocenters. The van der Waals surface area contributed by atoms with E-state index >= 15 is 0 Å². The molecule has 2 N–H and O–H groups in total. The summed E-state index contributed by atoms with van der Waals surface area (Å²) in [6.07, 6.45) is 0.552. The molecule has 4 nitrogen and oxygen atoms in total. The maximum absolute atomic E-state index is 8.83. The Morgan fingerprint density at radius 2 is 2.25 bits per heavy atom. The van der Waals surface area contributed by atoms with Gasteiger partial charge in [-0.3, -0.25) is 5.32 Å². The number of rotatable bonds is 5. The summed E-state index contributed by atoms with van der Waals surface area (Å²) in [6.45, 7) is 0.653. The number of oxime groups is 1. The van der Waals surface area contributed by atoms with Gasteiger partial charge >= 0.3 is 0 Å². The van der Waals surface area contributed by atoms with Gasteiger partial charge < -0.3 is 5.21 Å². The highest BCUT2D eigenvalue weighted by atomic mass is 79.9. The lowest BCUT2D eigenvalue weighted by Crippen LogP contribution is -2.24. The quantitative estimate of drug-likeness (QED) is 0.285. The van der Waals surface area contributed by atoms with Crippen molar-refractivity contribution in [2.24, 2.45) is 5.16 Å². The van der Waals surface area contributed by atoms with Crippen LogP contribution in [0.2, 0.25) is 0 Å². The zero-order valence-electron chi connectivity index (χ0n) is 8.65. The highest BCUT2D eigenvalue weighted by Gasteiger charge is 2.04. The zero-order chi connectivity index (χ0) is 11.8. The van der Waals surface area contributed by atoms with Crippen LogP contribution in [0.25, 0.3) is 0 Å². The van der Waals surface area contributed by atoms with Crippen molar-refractivity contribution in [1.82, 2.24) is 5.32 Å². The van der Waals surface area contributed by atoms with Crippen LogP contribution in [0.3, 0.4) is 0 Å². The summed E-state index contributed by atoms with van der Waals surface area (Å²) in [6, 6.07) is 9.72. The van der Waals surface area contributed by atoms with E-state index in [2.05, 4.69) is 26.4 Å². The highest BCUT2D eigenvalue weighted by molar-refractivity contribution is 9.10. The number of halogens is 1. The van der Waals surface area contributed by atoms with Gasteiger partial charge in [0.2, 0.25) is 0 Å². The molecule has 1 aromatic rings. The van der Waals surface area contributed by atoms with Crippen LogP contribution in [0.15, 0.2) is 33.9 Å². The summed E-state index contributed by atoms with van der Waals surface area (Å²) in [5, 5.41) is 23.3. The second-order valence-corrected chi connectivity index (χ2v) is 4.05. The van der Waals surface area contributed by atoms with Crippen molar-refractivity contribution in [1.29, 1.82) is 5.26 Å². The Morgan fingerprint density at radius 1 is 1.50 bits per heavy atom. The molecular weight excluding hydrogens is 270 g/mol. The zero-order valence-corrected chi connectivity index (χ0v) is 10.2. The Balaban J connectivity index is 2.58. The third kappa shape index (κ3) is 4.01. The molecule has 0 saturated carbocycles. The summed E-state index contributed by atoms with van der Waals surface area (Å²) >= 11 is 3.43. The molecule has 0 aromatic heterocycles. The first-order valence-corrected chi connectivity index (χ1v) is 5.58. The summed E-state index contributed by atoms with van der Waals surface area (Å²) in [7, 11) is 0. The Morgan fingerprint density at radius 3 is 2.88 bits per heavy atom. The van der Waals surface area contributed by atoms with Crippen molar-refractivity contribution in [3.05, 3.63) is 34.3 Å². The lowest BCUT2D eigenvalue weighted by molar-refractivity contribution is 0.317. The number of hydrogen-bond donors (Lipinski definition) is 2. The lowest BCUT2D eigenvalue weighted by Gasteiger charge is -2.06. The van der Waals surface area contributed by atoms with Gasteiger partial charge in [0.25, 0.3) is 0 Å². The average Bonchev–Trinajstić information content (AvgIpc) is 2.30. The van der Waals surface area contributed by atoms with E-state index in [1.165, 1.54) is 0 Å². The van der Waals surface area contributed by atoms with E-state index < -0.39 is 0 Å². The van der Waals surface area contributed by atoms with Crippen LogP contribution in [-0.2, 0) is 6.42 Å². The molecule has 0 spiro atoms. The molecule has 1 aromatic carbocycles. The van der Waals surface area contributed by atoms with Gasteiger partial charge in [-0.15, -0.1) is 0 Å². The van der Waals surface area contributed by atoms with Crippen LogP contribution in [0.1, 0.15) is 5.56 Å². The summed E-state index contributed by atoms with van der Waals surface area (Å²) in [4.78, 5) is 0. The molecule has 84 valence electrons. The van der Waals surface area contributed by atoms with Gasteiger partial charge in [-0.1, -0.05) is 39.3 Å². The number of benzene rings is 1. The molecule has 5 heteroatoms. The number of nitriles is 1. The van der Waals surface area contributed by atoms with Crippen LogP contribution in [0.5, 0.6) is 0 Å². The normalized spacial score (nSPS) is 11.1. The molecular formula is C11H12BrN3O. The molecule has 0 bridgehead atoms. The van der Waals surface area contributed by atoms with Crippen molar-refractivity contribution in [3.63, 3.8) is 0 Å². The third-order valence-corrected chi connectivity index (χ3v) is 2.80. The van der Waals surface area contributed by atoms with E-state index in [9.17, 15) is 0 Å². The molecule has 0 radical (unpaired) electrons. The van der Waals surface area contributed by atoms with E-state index in [0.29, 0.717) is 18.7 Å². The molecule has 0 aliphatic rings. The summed E-state index contributed by atoms with van der Waals surface area (Å²) in [5.41, 5.74) is 1.65. The Bertz CT molecular complexity index is 412. The Hall–Kier alpha value is -1.38. The second kappa shape index (κ2) is 6.99. The third-order valence-electron chi connectivity index (χ3n) is 2.03. The number of nitrogens with zero attached hydrogens (tertiary/aromatic N) is 2. The fraction of sp³-hybridized carbons (Fsp3) is 0.273. The number of hydrogen-bond acceptors (Lipinski definition) is 4. The first-order valence-electron chi connectivity index (χ1n) is 4.78. The molecule has 0 fully saturated rings. The predicted octanol–water partition coefficient (Wildman–Crippen LogP) is 1.93. The van der Waals surface area contributed by atoms with E-state index in [1.807, 2.05) is 30.3 Å². The molecule has 0 saturated heterocycles. The number of nitrogens with one attached hydrogen (secondary N) is 1. The summed E-state index contributed by atoms with van der Waals surface area (Å²) < 4.78 is 0.983. The van der Waals surface area contributed by atoms with E-state index in [-0.39, 0.29) is 6.54 Å². The van der Waals surface area contributed by atoms with Crippen LogP contribution in [0, 0.1) is 11.3 Å². The van der Waals surface area contributed by atoms with Crippen molar-refractivity contribution in [3.8, 4) is 6.07 Å². The summed E-state index contributed by atoms with van der Waals surface area (Å²) in [5.74, 6) is 0. The van der Waals surface area contributed by atoms with E-state index in [0.717, 1.165) is 10.0 Å². The molecule has 0 heterocycles. The smallest absolute Gasteiger partial charge is 0.0844 e. The van der Waals surface area contributed by atoms with Crippen LogP contribution >= 0.6 is 15.9 Å². The van der Waals surface area contributed by atoms with Gasteiger partial charge in [0.05, 0.1) is 18.3 Å². The molecule has 0 aliphatic heterocycles. The van der Waals surface area contributed by atoms with Crippen molar-refractivity contribution < 1.29 is 5.21 Å². The minimum atomic E-state index is 0.245. The minimum Gasteiger partial charge on any atom is -0.411 e. The van der Waals surface area contributed by atoms with Gasteiger partial charge in [0, 0.05) is 17.4 Å². The van der Waals surface area contributed by atoms with Gasteiger partial charge in [0.1, 0.15) is 0 Å². The monoisotopic (exact) mass is 281 g/mol. The SMILES string of the molecule is N#CCNCC(Cc1ccccc1Br)=NO. The fourth-order valence-corrected chi connectivity index (χ4v) is 1.68. The van der Waals surface area contributed by atoms with Gasteiger partial charge in [-0.2, -0.15) is 5.26 Å². The molecule has 0 unspecified atom stereocenters. The first-order chi connectivity index (χ1) is 7.77. The van der Waals surface area contributed by atoms with Gasteiger partial charge in [-0.05, 0) is 11.6 Å². The van der Waals surface area contributed by atoms with Crippen LogP contribution in [0.4, 0.5) is 0 Å². The highest BCUT2D eigenvalue weighted by Crippen LogP contribution is 2.16. The molecule has 16 heavy (non-hydrogen) atoms. The molecule has 0 aliphatic carbocycles. The first kappa shape index (κ1) is 12.7. The van der Waals surface area contributed by atoms with Crippen LogP contribution < -0.4 is 5.32 Å². The minimum absolute atomic E-state index is 0.245. The van der Waals surface area contributed by atoms with Crippen LogP contribution in [-0.4, -0.2) is 24.0 Å². The van der Waals surface area contributed by atoms with Crippen molar-refractivity contribution in [2.45, 2.75) is 6.42 Å². The Kier molecular flexibility index (Phi) is 5.54. The topological polar surface area (TPSA) is 68.4 Å². The molecule has 0 amide bonds. The molecule has 1 rings (SSSR count). The van der Waals surface area contributed by atoms with E-state index in [1.54, 1.807) is 0 Å².